The Bertz CT molecular complexity index is 1210. The molecule has 0 saturated carbocycles. The van der Waals surface area contributed by atoms with Crippen molar-refractivity contribution in [2.24, 2.45) is 0 Å². The molecule has 0 fully saturated rings. The number of hydrogen-bond donors (Lipinski definition) is 1. The van der Waals surface area contributed by atoms with E-state index in [-0.39, 0.29) is 6.61 Å². The monoisotopic (exact) mass is 405 g/mol. The van der Waals surface area contributed by atoms with Gasteiger partial charge in [0.15, 0.2) is 11.6 Å². The van der Waals surface area contributed by atoms with Crippen molar-refractivity contribution in [2.75, 3.05) is 6.61 Å². The summed E-state index contributed by atoms with van der Waals surface area (Å²) in [6.07, 6.45) is 1.16. The molecular formula is C23H19NO6. The normalized spacial score (nSPS) is 11.0. The van der Waals surface area contributed by atoms with Gasteiger partial charge in [0.25, 0.3) is 5.56 Å². The van der Waals surface area contributed by atoms with E-state index in [2.05, 4.69) is 4.74 Å². The average molecular weight is 405 g/mol. The van der Waals surface area contributed by atoms with Gasteiger partial charge in [0.05, 0.1) is 18.5 Å². The molecule has 1 N–H and O–H groups in total. The van der Waals surface area contributed by atoms with Crippen LogP contribution in [-0.2, 0) is 14.3 Å². The molecule has 1 aromatic heterocycles. The average Bonchev–Trinajstić information content (AvgIpc) is 2.73. The molecule has 0 spiro atoms. The van der Waals surface area contributed by atoms with Crippen LogP contribution in [-0.4, -0.2) is 33.8 Å². The minimum absolute atomic E-state index is 0.153. The Balaban J connectivity index is 2.06. The van der Waals surface area contributed by atoms with Gasteiger partial charge in [-0.05, 0) is 37.3 Å². The number of aromatic nitrogens is 1. The molecule has 0 aliphatic carbocycles. The largest absolute Gasteiger partial charge is 0.506 e. The number of Topliss-reactive ketones (excluding diaryl/α,β-unsaturated/α-hetero) is 1. The fourth-order valence-corrected chi connectivity index (χ4v) is 3.07. The lowest BCUT2D eigenvalue weighted by Gasteiger charge is -2.14. The molecule has 3 aromatic rings. The van der Waals surface area contributed by atoms with Gasteiger partial charge in [-0.3, -0.25) is 19.0 Å². The van der Waals surface area contributed by atoms with Gasteiger partial charge in [-0.2, -0.15) is 0 Å². The van der Waals surface area contributed by atoms with Crippen molar-refractivity contribution in [1.29, 1.82) is 0 Å². The number of ether oxygens (including phenoxy) is 1. The Kier molecular flexibility index (Phi) is 6.22. The number of carbonyl (C=O) groups is 3. The van der Waals surface area contributed by atoms with Crippen LogP contribution in [0.15, 0.2) is 71.5 Å². The SMILES string of the molecule is CCOC(=O)C=CC(=O)CC(=O)c1c(O)c2ccccc2n(-c2ccccc2)c1=O. The Morgan fingerprint density at radius 1 is 1.00 bits per heavy atom. The highest BCUT2D eigenvalue weighted by molar-refractivity contribution is 6.14. The van der Waals surface area contributed by atoms with Crippen LogP contribution in [0.5, 0.6) is 5.75 Å². The van der Waals surface area contributed by atoms with E-state index in [1.54, 1.807) is 61.5 Å². The quantitative estimate of drug-likeness (QED) is 0.281. The number of pyridine rings is 1. The van der Waals surface area contributed by atoms with Crippen LogP contribution in [0.2, 0.25) is 0 Å². The van der Waals surface area contributed by atoms with Crippen LogP contribution in [0.4, 0.5) is 0 Å². The summed E-state index contributed by atoms with van der Waals surface area (Å²) < 4.78 is 6.00. The lowest BCUT2D eigenvalue weighted by atomic mass is 10.0. The van der Waals surface area contributed by atoms with Gasteiger partial charge >= 0.3 is 5.97 Å². The van der Waals surface area contributed by atoms with Crippen molar-refractivity contribution in [3.8, 4) is 11.4 Å². The molecule has 3 rings (SSSR count). The molecule has 0 aliphatic rings. The van der Waals surface area contributed by atoms with Crippen molar-refractivity contribution in [3.63, 3.8) is 0 Å². The maximum atomic E-state index is 13.2. The first-order chi connectivity index (χ1) is 14.4. The van der Waals surface area contributed by atoms with Gasteiger partial charge in [-0.1, -0.05) is 30.3 Å². The second-order valence-corrected chi connectivity index (χ2v) is 6.37. The molecule has 0 aliphatic heterocycles. The van der Waals surface area contributed by atoms with Crippen LogP contribution in [0.3, 0.4) is 0 Å². The second kappa shape index (κ2) is 9.00. The molecule has 7 nitrogen and oxygen atoms in total. The van der Waals surface area contributed by atoms with E-state index < -0.39 is 40.8 Å². The first kappa shape index (κ1) is 20.7. The van der Waals surface area contributed by atoms with Crippen molar-refractivity contribution in [3.05, 3.63) is 82.7 Å². The fourth-order valence-electron chi connectivity index (χ4n) is 3.07. The van der Waals surface area contributed by atoms with Crippen molar-refractivity contribution in [2.45, 2.75) is 13.3 Å². The van der Waals surface area contributed by atoms with Crippen molar-refractivity contribution in [1.82, 2.24) is 4.57 Å². The van der Waals surface area contributed by atoms with E-state index in [0.29, 0.717) is 16.6 Å². The molecule has 0 saturated heterocycles. The molecule has 0 amide bonds. The zero-order valence-electron chi connectivity index (χ0n) is 16.2. The Hall–Kier alpha value is -4.00. The number of fused-ring (bicyclic) bond motifs is 1. The van der Waals surface area contributed by atoms with Crippen LogP contribution in [0, 0.1) is 0 Å². The van der Waals surface area contributed by atoms with Gasteiger partial charge in [-0.25, -0.2) is 4.79 Å². The molecule has 1 heterocycles. The Morgan fingerprint density at radius 3 is 2.37 bits per heavy atom. The number of hydrogen-bond acceptors (Lipinski definition) is 6. The molecule has 0 bridgehead atoms. The van der Waals surface area contributed by atoms with Crippen molar-refractivity contribution < 1.29 is 24.2 Å². The van der Waals surface area contributed by atoms with Gasteiger partial charge in [0.1, 0.15) is 11.3 Å². The van der Waals surface area contributed by atoms with Gasteiger partial charge in [-0.15, -0.1) is 0 Å². The molecule has 152 valence electrons. The number of benzene rings is 2. The molecule has 30 heavy (non-hydrogen) atoms. The summed E-state index contributed by atoms with van der Waals surface area (Å²) in [6, 6.07) is 15.3. The van der Waals surface area contributed by atoms with Gasteiger partial charge in [0.2, 0.25) is 0 Å². The summed E-state index contributed by atoms with van der Waals surface area (Å²) in [6.45, 7) is 1.78. The standard InChI is InChI=1S/C23H19NO6/c1-2-30-20(27)13-12-16(25)14-19(26)21-22(28)17-10-6-7-11-18(17)24(23(21)29)15-8-4-3-5-9-15/h3-13,28H,2,14H2,1H3. The zero-order chi connectivity index (χ0) is 21.7. The number of ketones is 2. The number of allylic oxidation sites excluding steroid dienone is 1. The number of nitrogens with zero attached hydrogens (tertiary/aromatic N) is 1. The van der Waals surface area contributed by atoms with E-state index in [0.717, 1.165) is 12.2 Å². The Labute approximate surface area is 171 Å². The molecule has 0 atom stereocenters. The number of aromatic hydroxyl groups is 1. The molecule has 7 heteroatoms. The van der Waals surface area contributed by atoms with Crippen LogP contribution < -0.4 is 5.56 Å². The highest BCUT2D eigenvalue weighted by Crippen LogP contribution is 2.28. The lowest BCUT2D eigenvalue weighted by Crippen LogP contribution is -2.26. The summed E-state index contributed by atoms with van der Waals surface area (Å²) in [7, 11) is 0. The number of rotatable bonds is 7. The summed E-state index contributed by atoms with van der Waals surface area (Å²) in [4.78, 5) is 49.3. The predicted molar refractivity (Wildman–Crippen MR) is 111 cm³/mol. The number of esters is 1. The maximum absolute atomic E-state index is 13.2. The molecule has 2 aromatic carbocycles. The van der Waals surface area contributed by atoms with Crippen LogP contribution >= 0.6 is 0 Å². The van der Waals surface area contributed by atoms with Gasteiger partial charge < -0.3 is 9.84 Å². The van der Waals surface area contributed by atoms with E-state index in [1.807, 2.05) is 0 Å². The smallest absolute Gasteiger partial charge is 0.330 e. The fraction of sp³-hybridized carbons (Fsp3) is 0.130. The zero-order valence-corrected chi connectivity index (χ0v) is 16.2. The molecule has 0 unspecified atom stereocenters. The summed E-state index contributed by atoms with van der Waals surface area (Å²) in [5.41, 5.74) is -0.266. The Morgan fingerprint density at radius 2 is 1.67 bits per heavy atom. The molecule has 0 radical (unpaired) electrons. The number of para-hydroxylation sites is 2. The maximum Gasteiger partial charge on any atom is 0.330 e. The highest BCUT2D eigenvalue weighted by atomic mass is 16.5. The van der Waals surface area contributed by atoms with E-state index in [9.17, 15) is 24.3 Å². The molecular weight excluding hydrogens is 386 g/mol. The van der Waals surface area contributed by atoms with Crippen LogP contribution in [0.25, 0.3) is 16.6 Å². The van der Waals surface area contributed by atoms with Crippen molar-refractivity contribution >= 4 is 28.4 Å². The third-order valence-electron chi connectivity index (χ3n) is 4.37. The first-order valence-electron chi connectivity index (χ1n) is 9.27. The van der Waals surface area contributed by atoms with E-state index in [4.69, 9.17) is 0 Å². The third kappa shape index (κ3) is 4.20. The second-order valence-electron chi connectivity index (χ2n) is 6.37. The minimum atomic E-state index is -0.841. The topological polar surface area (TPSA) is 103 Å². The minimum Gasteiger partial charge on any atom is -0.506 e. The third-order valence-corrected chi connectivity index (χ3v) is 4.37. The summed E-state index contributed by atoms with van der Waals surface area (Å²) in [5, 5.41) is 10.9. The van der Waals surface area contributed by atoms with E-state index >= 15 is 0 Å². The number of carbonyl (C=O) groups excluding carboxylic acids is 3. The van der Waals surface area contributed by atoms with E-state index in [1.165, 1.54) is 4.57 Å². The van der Waals surface area contributed by atoms with Gasteiger partial charge in [0, 0.05) is 17.1 Å². The summed E-state index contributed by atoms with van der Waals surface area (Å²) >= 11 is 0. The summed E-state index contributed by atoms with van der Waals surface area (Å²) in [5.74, 6) is -2.72. The lowest BCUT2D eigenvalue weighted by molar-refractivity contribution is -0.137. The predicted octanol–water partition coefficient (Wildman–Crippen LogP) is 2.96. The van der Waals surface area contributed by atoms with Crippen LogP contribution in [0.1, 0.15) is 23.7 Å². The highest BCUT2D eigenvalue weighted by Gasteiger charge is 2.23. The first-order valence-corrected chi connectivity index (χ1v) is 9.27.